The van der Waals surface area contributed by atoms with Crippen LogP contribution in [0.3, 0.4) is 0 Å². The molecule has 15 heteroatoms. The molecule has 2 aromatic heterocycles. The lowest BCUT2D eigenvalue weighted by Crippen LogP contribution is -2.47. The molecule has 0 aliphatic carbocycles. The van der Waals surface area contributed by atoms with Gasteiger partial charge >= 0.3 is 18.3 Å². The molecule has 1 aliphatic heterocycles. The predicted octanol–water partition coefficient (Wildman–Crippen LogP) is 5.73. The summed E-state index contributed by atoms with van der Waals surface area (Å²) >= 11 is 5.64. The highest BCUT2D eigenvalue weighted by Crippen LogP contribution is 2.38. The summed E-state index contributed by atoms with van der Waals surface area (Å²) in [6.45, 7) is 3.92. The molecule has 3 aromatic rings. The summed E-state index contributed by atoms with van der Waals surface area (Å²) in [6.07, 6.45) is -4.69. The van der Waals surface area contributed by atoms with Crippen LogP contribution in [0.5, 0.6) is 0 Å². The Morgan fingerprint density at radius 1 is 1.15 bits per heavy atom. The topological polar surface area (TPSA) is 88.0 Å². The van der Waals surface area contributed by atoms with Crippen molar-refractivity contribution >= 4 is 52.2 Å². The number of imide groups is 1. The van der Waals surface area contributed by atoms with Gasteiger partial charge in [-0.25, -0.2) is 28.3 Å². The van der Waals surface area contributed by atoms with Gasteiger partial charge in [-0.1, -0.05) is 11.6 Å². The molecule has 4 amide bonds. The van der Waals surface area contributed by atoms with Crippen LogP contribution >= 0.6 is 11.6 Å². The van der Waals surface area contributed by atoms with E-state index in [4.69, 9.17) is 16.3 Å². The monoisotopic (exact) mass is 587 g/mol. The maximum Gasteiger partial charge on any atom is 0.418 e. The summed E-state index contributed by atoms with van der Waals surface area (Å²) in [5, 5.41) is -1.14. The van der Waals surface area contributed by atoms with Crippen LogP contribution in [-0.2, 0) is 22.8 Å². The Hall–Kier alpha value is -3.94. The lowest BCUT2D eigenvalue weighted by atomic mass is 10.1. The third-order valence-corrected chi connectivity index (χ3v) is 6.43. The molecule has 1 saturated heterocycles. The minimum Gasteiger partial charge on any atom is -0.443 e. The molecule has 0 N–H and O–H groups in total. The quantitative estimate of drug-likeness (QED) is 0.288. The number of amides is 4. The van der Waals surface area contributed by atoms with Crippen LogP contribution in [0.15, 0.2) is 30.5 Å². The van der Waals surface area contributed by atoms with E-state index in [1.807, 2.05) is 0 Å². The highest BCUT2D eigenvalue weighted by Gasteiger charge is 2.49. The zero-order valence-corrected chi connectivity index (χ0v) is 22.6. The van der Waals surface area contributed by atoms with Crippen LogP contribution in [0, 0.1) is 11.6 Å². The van der Waals surface area contributed by atoms with Crippen molar-refractivity contribution in [3.8, 4) is 0 Å². The van der Waals surface area contributed by atoms with Crippen molar-refractivity contribution in [1.82, 2.24) is 14.5 Å². The second-order valence-corrected chi connectivity index (χ2v) is 10.4. The minimum atomic E-state index is -4.87. The Kier molecular flexibility index (Phi) is 7.20. The number of rotatable bonds is 3. The molecule has 40 heavy (non-hydrogen) atoms. The summed E-state index contributed by atoms with van der Waals surface area (Å²) < 4.78 is 77.0. The average Bonchev–Trinajstić information content (AvgIpc) is 3.39. The fourth-order valence-corrected chi connectivity index (χ4v) is 4.37. The first kappa shape index (κ1) is 29.1. The number of nitrogens with zero attached hydrogens (tertiary/aromatic N) is 5. The van der Waals surface area contributed by atoms with E-state index in [1.54, 1.807) is 0 Å². The zero-order chi connectivity index (χ0) is 29.9. The Bertz CT molecular complexity index is 1530. The van der Waals surface area contributed by atoms with Gasteiger partial charge in [0.2, 0.25) is 0 Å². The molecule has 0 spiro atoms. The molecule has 0 radical (unpaired) electrons. The number of halogens is 6. The number of ether oxygens (including phenoxy) is 1. The van der Waals surface area contributed by atoms with E-state index >= 15 is 0 Å². The number of carbonyl (C=O) groups is 3. The number of alkyl halides is 3. The van der Waals surface area contributed by atoms with Gasteiger partial charge in [-0.2, -0.15) is 13.2 Å². The first-order chi connectivity index (χ1) is 18.4. The number of benzene rings is 1. The third-order valence-electron chi connectivity index (χ3n) is 6.09. The van der Waals surface area contributed by atoms with E-state index in [9.17, 15) is 36.3 Å². The number of hydrogen-bond donors (Lipinski definition) is 0. The molecule has 0 saturated carbocycles. The number of pyridine rings is 1. The summed E-state index contributed by atoms with van der Waals surface area (Å²) in [5.41, 5.74) is -2.81. The number of likely N-dealkylation sites (N-methyl/N-ethyl adjacent to an activating group) is 1. The summed E-state index contributed by atoms with van der Waals surface area (Å²) in [7, 11) is 2.54. The molecule has 0 bridgehead atoms. The van der Waals surface area contributed by atoms with Gasteiger partial charge in [0.15, 0.2) is 5.82 Å². The second kappa shape index (κ2) is 9.91. The molecule has 1 aliphatic rings. The molecule has 0 unspecified atom stereocenters. The largest absolute Gasteiger partial charge is 0.443 e. The molecular formula is C25H23ClF5N5O4. The normalized spacial score (nSPS) is 16.2. The summed E-state index contributed by atoms with van der Waals surface area (Å²) in [5.74, 6) is -3.97. The van der Waals surface area contributed by atoms with Gasteiger partial charge in [0, 0.05) is 25.7 Å². The van der Waals surface area contributed by atoms with Crippen molar-refractivity contribution in [2.75, 3.05) is 23.4 Å². The van der Waals surface area contributed by atoms with Crippen molar-refractivity contribution in [1.29, 1.82) is 0 Å². The van der Waals surface area contributed by atoms with Gasteiger partial charge < -0.3 is 14.2 Å². The fraction of sp³-hybridized carbons (Fsp3) is 0.360. The van der Waals surface area contributed by atoms with Crippen LogP contribution in [0.25, 0.3) is 11.0 Å². The molecule has 9 nitrogen and oxygen atoms in total. The number of anilines is 2. The number of hydrogen-bond acceptors (Lipinski definition) is 5. The van der Waals surface area contributed by atoms with E-state index in [0.29, 0.717) is 15.9 Å². The molecule has 214 valence electrons. The molecule has 4 rings (SSSR count). The van der Waals surface area contributed by atoms with Gasteiger partial charge in [-0.05, 0) is 45.0 Å². The van der Waals surface area contributed by atoms with E-state index in [-0.39, 0.29) is 11.0 Å². The number of aromatic nitrogens is 2. The molecule has 3 heterocycles. The SMILES string of the molecule is CN(C(=O)[C@@H]1CN(C(=O)OC(C)(C)C)C(=O)N1c1cc(C(F)(F)F)c2ccn(C)c2n1)c1ccc(F)c(Cl)c1F. The lowest BCUT2D eigenvalue weighted by molar-refractivity contribution is -0.136. The van der Waals surface area contributed by atoms with Gasteiger partial charge in [0.05, 0.1) is 17.8 Å². The lowest BCUT2D eigenvalue weighted by Gasteiger charge is -2.27. The van der Waals surface area contributed by atoms with Crippen molar-refractivity contribution in [3.05, 3.63) is 52.7 Å². The van der Waals surface area contributed by atoms with Gasteiger partial charge in [0.1, 0.15) is 33.9 Å². The first-order valence-corrected chi connectivity index (χ1v) is 12.1. The van der Waals surface area contributed by atoms with Crippen molar-refractivity contribution in [3.63, 3.8) is 0 Å². The molecule has 1 fully saturated rings. The molecule has 1 atom stereocenters. The van der Waals surface area contributed by atoms with Gasteiger partial charge in [0.25, 0.3) is 5.91 Å². The van der Waals surface area contributed by atoms with Crippen molar-refractivity contribution < 1.29 is 41.1 Å². The Morgan fingerprint density at radius 3 is 2.40 bits per heavy atom. The highest BCUT2D eigenvalue weighted by molar-refractivity contribution is 6.31. The smallest absolute Gasteiger partial charge is 0.418 e. The summed E-state index contributed by atoms with van der Waals surface area (Å²) in [6, 6.07) is 0.680. The number of aryl methyl sites for hydroxylation is 1. The Balaban J connectivity index is 1.86. The fourth-order valence-electron chi connectivity index (χ4n) is 4.21. The number of urea groups is 1. The highest BCUT2D eigenvalue weighted by atomic mass is 35.5. The van der Waals surface area contributed by atoms with Crippen LogP contribution < -0.4 is 9.80 Å². The Labute approximate surface area is 229 Å². The van der Waals surface area contributed by atoms with E-state index in [2.05, 4.69) is 4.98 Å². The maximum absolute atomic E-state index is 14.7. The molecule has 1 aromatic carbocycles. The molecular weight excluding hydrogens is 565 g/mol. The average molecular weight is 588 g/mol. The first-order valence-electron chi connectivity index (χ1n) is 11.7. The third kappa shape index (κ3) is 5.15. The zero-order valence-electron chi connectivity index (χ0n) is 21.8. The standard InChI is InChI=1S/C25H23ClF5N5O4/c1-24(2,3)40-23(39)35-11-16(21(37)34(5)15-7-6-14(27)18(26)19(15)28)36(22(35)38)17-10-13(25(29,30)31)12-8-9-33(4)20(12)32-17/h6-10,16H,11H2,1-5H3/t16-/m0/s1. The van der Waals surface area contributed by atoms with E-state index in [0.717, 1.165) is 24.1 Å². The van der Waals surface area contributed by atoms with Crippen LogP contribution in [0.4, 0.5) is 43.0 Å². The predicted molar refractivity (Wildman–Crippen MR) is 135 cm³/mol. The number of carbonyl (C=O) groups excluding carboxylic acids is 3. The van der Waals surface area contributed by atoms with Crippen LogP contribution in [-0.4, -0.2) is 57.7 Å². The summed E-state index contributed by atoms with van der Waals surface area (Å²) in [4.78, 5) is 46.1. The van der Waals surface area contributed by atoms with E-state index < -0.39 is 76.1 Å². The van der Waals surface area contributed by atoms with E-state index in [1.165, 1.54) is 44.6 Å². The number of fused-ring (bicyclic) bond motifs is 1. The minimum absolute atomic E-state index is 0.149. The second-order valence-electron chi connectivity index (χ2n) is 10.0. The van der Waals surface area contributed by atoms with Gasteiger partial charge in [-0.15, -0.1) is 0 Å². The Morgan fingerprint density at radius 2 is 1.80 bits per heavy atom. The van der Waals surface area contributed by atoms with Gasteiger partial charge in [-0.3, -0.25) is 9.69 Å². The van der Waals surface area contributed by atoms with Crippen LogP contribution in [0.2, 0.25) is 5.02 Å². The van der Waals surface area contributed by atoms with Crippen molar-refractivity contribution in [2.24, 2.45) is 7.05 Å². The van der Waals surface area contributed by atoms with Crippen LogP contribution in [0.1, 0.15) is 26.3 Å². The maximum atomic E-state index is 14.7. The van der Waals surface area contributed by atoms with Crippen molar-refractivity contribution in [2.45, 2.75) is 38.6 Å².